The second-order valence-corrected chi connectivity index (χ2v) is 6.25. The molecule has 0 aliphatic carbocycles. The summed E-state index contributed by atoms with van der Waals surface area (Å²) in [7, 11) is 1.39. The summed E-state index contributed by atoms with van der Waals surface area (Å²) >= 11 is 6.00. The molecule has 0 radical (unpaired) electrons. The minimum Gasteiger partial charge on any atom is -0.465 e. The highest BCUT2D eigenvalue weighted by Gasteiger charge is 2.24. The SMILES string of the molecule is COC(=O)c1ccc(N2CCN(c3ccnc(Cl)c3)C(C)C2)cc1. The maximum absolute atomic E-state index is 11.5. The number of methoxy groups -OCH3 is 1. The van der Waals surface area contributed by atoms with Gasteiger partial charge in [-0.2, -0.15) is 0 Å². The summed E-state index contributed by atoms with van der Waals surface area (Å²) in [6, 6.07) is 11.8. The molecule has 0 amide bonds. The summed E-state index contributed by atoms with van der Waals surface area (Å²) in [6.45, 7) is 4.91. The maximum Gasteiger partial charge on any atom is 0.337 e. The third-order valence-corrected chi connectivity index (χ3v) is 4.53. The molecule has 24 heavy (non-hydrogen) atoms. The number of benzene rings is 1. The molecular formula is C18H20ClN3O2. The van der Waals surface area contributed by atoms with Gasteiger partial charge in [-0.15, -0.1) is 0 Å². The second kappa shape index (κ2) is 7.09. The number of carbonyl (C=O) groups excluding carboxylic acids is 1. The zero-order valence-electron chi connectivity index (χ0n) is 13.8. The standard InChI is InChI=1S/C18H20ClN3O2/c1-13-12-21(15-5-3-14(4-6-15)18(23)24-2)9-10-22(13)16-7-8-20-17(19)11-16/h3-8,11,13H,9-10,12H2,1-2H3. The molecule has 126 valence electrons. The van der Waals surface area contributed by atoms with E-state index in [1.165, 1.54) is 7.11 Å². The van der Waals surface area contributed by atoms with Crippen molar-refractivity contribution in [3.8, 4) is 0 Å². The number of anilines is 2. The molecule has 1 fully saturated rings. The summed E-state index contributed by atoms with van der Waals surface area (Å²) in [5, 5.41) is 0.514. The first-order valence-electron chi connectivity index (χ1n) is 7.90. The molecule has 2 heterocycles. The van der Waals surface area contributed by atoms with Crippen molar-refractivity contribution >= 4 is 28.9 Å². The highest BCUT2D eigenvalue weighted by atomic mass is 35.5. The molecule has 0 bridgehead atoms. The van der Waals surface area contributed by atoms with E-state index in [4.69, 9.17) is 16.3 Å². The zero-order chi connectivity index (χ0) is 17.1. The van der Waals surface area contributed by atoms with E-state index in [9.17, 15) is 4.79 Å². The van der Waals surface area contributed by atoms with Gasteiger partial charge >= 0.3 is 5.97 Å². The molecule has 1 aromatic carbocycles. The molecule has 0 saturated carbocycles. The van der Waals surface area contributed by atoms with Crippen LogP contribution >= 0.6 is 11.6 Å². The minimum atomic E-state index is -0.311. The monoisotopic (exact) mass is 345 g/mol. The number of hydrogen-bond donors (Lipinski definition) is 0. The molecule has 1 atom stereocenters. The fraction of sp³-hybridized carbons (Fsp3) is 0.333. The van der Waals surface area contributed by atoms with Gasteiger partial charge in [0.05, 0.1) is 12.7 Å². The first-order valence-corrected chi connectivity index (χ1v) is 8.28. The number of aromatic nitrogens is 1. The third kappa shape index (κ3) is 3.46. The third-order valence-electron chi connectivity index (χ3n) is 4.32. The molecule has 5 nitrogen and oxygen atoms in total. The predicted molar refractivity (Wildman–Crippen MR) is 96.0 cm³/mol. The summed E-state index contributed by atoms with van der Waals surface area (Å²) in [5.74, 6) is -0.311. The van der Waals surface area contributed by atoms with Crippen molar-refractivity contribution in [1.29, 1.82) is 0 Å². The van der Waals surface area contributed by atoms with Crippen molar-refractivity contribution in [2.75, 3.05) is 36.5 Å². The van der Waals surface area contributed by atoms with Crippen molar-refractivity contribution in [1.82, 2.24) is 4.98 Å². The molecule has 3 rings (SSSR count). The summed E-state index contributed by atoms with van der Waals surface area (Å²) in [5.41, 5.74) is 2.78. The van der Waals surface area contributed by atoms with E-state index in [1.807, 2.05) is 24.3 Å². The van der Waals surface area contributed by atoms with E-state index in [-0.39, 0.29) is 5.97 Å². The van der Waals surface area contributed by atoms with Gasteiger partial charge in [-0.3, -0.25) is 0 Å². The van der Waals surface area contributed by atoms with E-state index >= 15 is 0 Å². The Hall–Kier alpha value is -2.27. The number of halogens is 1. The number of pyridine rings is 1. The van der Waals surface area contributed by atoms with E-state index in [0.717, 1.165) is 31.0 Å². The Kier molecular flexibility index (Phi) is 4.90. The van der Waals surface area contributed by atoms with Crippen LogP contribution in [0.25, 0.3) is 0 Å². The quantitative estimate of drug-likeness (QED) is 0.631. The molecule has 6 heteroatoms. The van der Waals surface area contributed by atoms with Crippen LogP contribution < -0.4 is 9.80 Å². The molecular weight excluding hydrogens is 326 g/mol. The summed E-state index contributed by atoms with van der Waals surface area (Å²) in [6.07, 6.45) is 1.74. The van der Waals surface area contributed by atoms with Gasteiger partial charge < -0.3 is 14.5 Å². The van der Waals surface area contributed by atoms with Crippen LogP contribution in [0.4, 0.5) is 11.4 Å². The van der Waals surface area contributed by atoms with Gasteiger partial charge in [0.15, 0.2) is 0 Å². The molecule has 0 N–H and O–H groups in total. The first-order chi connectivity index (χ1) is 11.6. The van der Waals surface area contributed by atoms with Crippen molar-refractivity contribution in [3.05, 3.63) is 53.3 Å². The minimum absolute atomic E-state index is 0.311. The predicted octanol–water partition coefficient (Wildman–Crippen LogP) is 3.24. The van der Waals surface area contributed by atoms with Crippen molar-refractivity contribution < 1.29 is 9.53 Å². The molecule has 1 aromatic heterocycles. The largest absolute Gasteiger partial charge is 0.465 e. The molecule has 0 spiro atoms. The lowest BCUT2D eigenvalue weighted by Crippen LogP contribution is -2.52. The van der Waals surface area contributed by atoms with Crippen LogP contribution in [0.15, 0.2) is 42.6 Å². The summed E-state index contributed by atoms with van der Waals surface area (Å²) < 4.78 is 4.74. The van der Waals surface area contributed by atoms with Gasteiger partial charge in [0.2, 0.25) is 0 Å². The molecule has 1 aliphatic heterocycles. The average Bonchev–Trinajstić information content (AvgIpc) is 2.61. The zero-order valence-corrected chi connectivity index (χ0v) is 14.5. The van der Waals surface area contributed by atoms with Crippen molar-refractivity contribution in [2.45, 2.75) is 13.0 Å². The van der Waals surface area contributed by atoms with Crippen LogP contribution in [0, 0.1) is 0 Å². The number of piperazine rings is 1. The Bertz CT molecular complexity index is 720. The molecule has 1 unspecified atom stereocenters. The van der Waals surface area contributed by atoms with Crippen LogP contribution in [0.3, 0.4) is 0 Å². The average molecular weight is 346 g/mol. The Balaban J connectivity index is 1.70. The Morgan fingerprint density at radius 1 is 1.21 bits per heavy atom. The fourth-order valence-corrected chi connectivity index (χ4v) is 3.24. The summed E-state index contributed by atoms with van der Waals surface area (Å²) in [4.78, 5) is 20.2. The Morgan fingerprint density at radius 3 is 2.58 bits per heavy atom. The van der Waals surface area contributed by atoms with Crippen LogP contribution in [0.5, 0.6) is 0 Å². The Labute approximate surface area is 146 Å². The van der Waals surface area contributed by atoms with Crippen LogP contribution in [-0.4, -0.2) is 43.7 Å². The van der Waals surface area contributed by atoms with Gasteiger partial charge in [-0.25, -0.2) is 9.78 Å². The smallest absolute Gasteiger partial charge is 0.337 e. The van der Waals surface area contributed by atoms with Gasteiger partial charge in [0.25, 0.3) is 0 Å². The van der Waals surface area contributed by atoms with E-state index < -0.39 is 0 Å². The van der Waals surface area contributed by atoms with Crippen molar-refractivity contribution in [2.24, 2.45) is 0 Å². The second-order valence-electron chi connectivity index (χ2n) is 5.86. The number of nitrogens with zero attached hydrogens (tertiary/aromatic N) is 3. The molecule has 2 aromatic rings. The first kappa shape index (κ1) is 16.6. The van der Waals surface area contributed by atoms with Gasteiger partial charge in [-0.05, 0) is 43.3 Å². The van der Waals surface area contributed by atoms with E-state index in [2.05, 4.69) is 21.7 Å². The lowest BCUT2D eigenvalue weighted by Gasteiger charge is -2.42. The highest BCUT2D eigenvalue weighted by Crippen LogP contribution is 2.25. The number of esters is 1. The highest BCUT2D eigenvalue weighted by molar-refractivity contribution is 6.29. The molecule has 1 saturated heterocycles. The normalized spacial score (nSPS) is 17.7. The van der Waals surface area contributed by atoms with Gasteiger partial charge in [-0.1, -0.05) is 11.6 Å². The Morgan fingerprint density at radius 2 is 1.96 bits per heavy atom. The lowest BCUT2D eigenvalue weighted by molar-refractivity contribution is 0.0601. The van der Waals surface area contributed by atoms with Crippen LogP contribution in [-0.2, 0) is 4.74 Å². The maximum atomic E-state index is 11.5. The van der Waals surface area contributed by atoms with Crippen LogP contribution in [0.1, 0.15) is 17.3 Å². The topological polar surface area (TPSA) is 45.7 Å². The molecule has 1 aliphatic rings. The van der Waals surface area contributed by atoms with Crippen LogP contribution in [0.2, 0.25) is 5.15 Å². The number of rotatable bonds is 3. The van der Waals surface area contributed by atoms with Gasteiger partial charge in [0.1, 0.15) is 5.15 Å². The van der Waals surface area contributed by atoms with Crippen molar-refractivity contribution in [3.63, 3.8) is 0 Å². The lowest BCUT2D eigenvalue weighted by atomic mass is 10.1. The van der Waals surface area contributed by atoms with Gasteiger partial charge in [0, 0.05) is 43.2 Å². The number of hydrogen-bond acceptors (Lipinski definition) is 5. The van der Waals surface area contributed by atoms with E-state index in [1.54, 1.807) is 18.3 Å². The number of carbonyl (C=O) groups is 1. The fourth-order valence-electron chi connectivity index (χ4n) is 3.07. The van der Waals surface area contributed by atoms with E-state index in [0.29, 0.717) is 16.8 Å². The number of ether oxygens (including phenoxy) is 1.